The molecular weight excluding hydrogens is 366 g/mol. The monoisotopic (exact) mass is 379 g/mol. The molecule has 0 fully saturated rings. The number of nitrogens with one attached hydrogen (secondary N) is 1. The zero-order chi connectivity index (χ0) is 16.0. The molecule has 0 radical (unpaired) electrons. The summed E-state index contributed by atoms with van der Waals surface area (Å²) < 4.78 is 31.1. The number of hydrogen-bond acceptors (Lipinski definition) is 5. The first-order valence-electron chi connectivity index (χ1n) is 5.96. The van der Waals surface area contributed by atoms with Crippen LogP contribution in [0.3, 0.4) is 0 Å². The van der Waals surface area contributed by atoms with Crippen LogP contribution < -0.4 is 4.72 Å². The van der Waals surface area contributed by atoms with Crippen molar-refractivity contribution in [1.82, 2.24) is 4.72 Å². The van der Waals surface area contributed by atoms with Crippen molar-refractivity contribution >= 4 is 37.9 Å². The molecule has 21 heavy (non-hydrogen) atoms. The van der Waals surface area contributed by atoms with Crippen LogP contribution in [0.4, 0.5) is 0 Å². The minimum atomic E-state index is -3.85. The topological polar surface area (TPSA) is 110 Å². The average Bonchev–Trinajstić information content (AvgIpc) is 2.37. The predicted octanol–water partition coefficient (Wildman–Crippen LogP) is 1.38. The van der Waals surface area contributed by atoms with Crippen molar-refractivity contribution in [3.63, 3.8) is 0 Å². The average molecular weight is 380 g/mol. The van der Waals surface area contributed by atoms with Gasteiger partial charge in [0.1, 0.15) is 0 Å². The first-order chi connectivity index (χ1) is 9.77. The lowest BCUT2D eigenvalue weighted by atomic mass is 10.2. The maximum atomic E-state index is 12.0. The Hall–Kier alpha value is -1.45. The molecule has 2 N–H and O–H groups in total. The fourth-order valence-corrected chi connectivity index (χ4v) is 3.54. The second-order valence-electron chi connectivity index (χ2n) is 3.91. The molecule has 0 atom stereocenters. The molecule has 116 valence electrons. The van der Waals surface area contributed by atoms with Crippen LogP contribution in [0.25, 0.3) is 0 Å². The van der Waals surface area contributed by atoms with Gasteiger partial charge in [-0.3, -0.25) is 4.79 Å². The second kappa shape index (κ2) is 7.53. The van der Waals surface area contributed by atoms with Crippen molar-refractivity contribution < 1.29 is 27.9 Å². The zero-order valence-corrected chi connectivity index (χ0v) is 13.5. The smallest absolute Gasteiger partial charge is 0.338 e. The standard InChI is InChI=1S/C12H14BrNO6S/c1-2-20-12(17)8-3-4-10(9(13)7-8)21(18,19)14-6-5-11(15)16/h3-4,7,14H,2,5-6H2,1H3,(H,15,16). The number of ether oxygens (including phenoxy) is 1. The summed E-state index contributed by atoms with van der Waals surface area (Å²) in [4.78, 5) is 21.8. The molecule has 0 spiro atoms. The molecule has 0 aliphatic carbocycles. The van der Waals surface area contributed by atoms with E-state index in [0.29, 0.717) is 0 Å². The van der Waals surface area contributed by atoms with Crippen molar-refractivity contribution in [3.8, 4) is 0 Å². The highest BCUT2D eigenvalue weighted by Crippen LogP contribution is 2.23. The Bertz CT molecular complexity index is 643. The Balaban J connectivity index is 2.93. The third-order valence-electron chi connectivity index (χ3n) is 2.36. The molecule has 0 bridgehead atoms. The summed E-state index contributed by atoms with van der Waals surface area (Å²) in [5.41, 5.74) is 0.216. The lowest BCUT2D eigenvalue weighted by Crippen LogP contribution is -2.26. The fourth-order valence-electron chi connectivity index (χ4n) is 1.43. The van der Waals surface area contributed by atoms with E-state index in [1.54, 1.807) is 6.92 Å². The molecule has 0 saturated heterocycles. The van der Waals surface area contributed by atoms with E-state index in [4.69, 9.17) is 9.84 Å². The molecule has 7 nitrogen and oxygen atoms in total. The van der Waals surface area contributed by atoms with Crippen LogP contribution in [-0.4, -0.2) is 38.6 Å². The molecule has 0 amide bonds. The van der Waals surface area contributed by atoms with Gasteiger partial charge < -0.3 is 9.84 Å². The first-order valence-corrected chi connectivity index (χ1v) is 8.23. The number of esters is 1. The van der Waals surface area contributed by atoms with Crippen molar-refractivity contribution in [2.75, 3.05) is 13.2 Å². The summed E-state index contributed by atoms with van der Waals surface area (Å²) >= 11 is 3.08. The van der Waals surface area contributed by atoms with Crippen LogP contribution in [0.15, 0.2) is 27.6 Å². The Labute approximate surface area is 130 Å². The highest BCUT2D eigenvalue weighted by atomic mass is 79.9. The normalized spacial score (nSPS) is 11.1. The minimum absolute atomic E-state index is 0.0825. The van der Waals surface area contributed by atoms with Gasteiger partial charge in [-0.05, 0) is 41.1 Å². The predicted molar refractivity (Wildman–Crippen MR) is 77.5 cm³/mol. The molecule has 1 aromatic rings. The molecule has 0 heterocycles. The number of carbonyl (C=O) groups is 2. The lowest BCUT2D eigenvalue weighted by Gasteiger charge is -2.09. The first kappa shape index (κ1) is 17.6. The van der Waals surface area contributed by atoms with Crippen LogP contribution in [0.1, 0.15) is 23.7 Å². The van der Waals surface area contributed by atoms with Gasteiger partial charge in [0, 0.05) is 11.0 Å². The Morgan fingerprint density at radius 2 is 2.05 bits per heavy atom. The molecule has 0 unspecified atom stereocenters. The number of hydrogen-bond donors (Lipinski definition) is 2. The number of carboxylic acid groups (broad SMARTS) is 1. The number of halogens is 1. The van der Waals surface area contributed by atoms with Crippen molar-refractivity contribution in [2.24, 2.45) is 0 Å². The van der Waals surface area contributed by atoms with E-state index in [-0.39, 0.29) is 34.5 Å². The van der Waals surface area contributed by atoms with Gasteiger partial charge in [-0.1, -0.05) is 0 Å². The molecule has 0 aliphatic rings. The van der Waals surface area contributed by atoms with Crippen LogP contribution >= 0.6 is 15.9 Å². The summed E-state index contributed by atoms with van der Waals surface area (Å²) in [5.74, 6) is -1.66. The molecule has 1 aromatic carbocycles. The van der Waals surface area contributed by atoms with Crippen molar-refractivity contribution in [2.45, 2.75) is 18.2 Å². The molecule has 1 rings (SSSR count). The van der Waals surface area contributed by atoms with E-state index in [1.807, 2.05) is 0 Å². The Morgan fingerprint density at radius 1 is 1.38 bits per heavy atom. The van der Waals surface area contributed by atoms with E-state index in [9.17, 15) is 18.0 Å². The molecule has 0 saturated carbocycles. The lowest BCUT2D eigenvalue weighted by molar-refractivity contribution is -0.136. The quantitative estimate of drug-likeness (QED) is 0.692. The molecular formula is C12H14BrNO6S. The molecule has 9 heteroatoms. The van der Waals surface area contributed by atoms with Gasteiger partial charge in [0.25, 0.3) is 0 Å². The van der Waals surface area contributed by atoms with E-state index >= 15 is 0 Å². The Kier molecular flexibility index (Phi) is 6.31. The number of aliphatic carboxylic acids is 1. The van der Waals surface area contributed by atoms with E-state index < -0.39 is 22.0 Å². The summed E-state index contributed by atoms with van der Waals surface area (Å²) in [6.45, 7) is 1.66. The SMILES string of the molecule is CCOC(=O)c1ccc(S(=O)(=O)NCCC(=O)O)c(Br)c1. The fraction of sp³-hybridized carbons (Fsp3) is 0.333. The summed E-state index contributed by atoms with van der Waals surface area (Å²) in [6.07, 6.45) is -0.322. The zero-order valence-electron chi connectivity index (χ0n) is 11.1. The highest BCUT2D eigenvalue weighted by molar-refractivity contribution is 9.10. The minimum Gasteiger partial charge on any atom is -0.481 e. The van der Waals surface area contributed by atoms with Gasteiger partial charge in [-0.15, -0.1) is 0 Å². The third-order valence-corrected chi connectivity index (χ3v) is 4.80. The van der Waals surface area contributed by atoms with Crippen molar-refractivity contribution in [1.29, 1.82) is 0 Å². The largest absolute Gasteiger partial charge is 0.481 e. The number of sulfonamides is 1. The van der Waals surface area contributed by atoms with Crippen LogP contribution in [-0.2, 0) is 19.6 Å². The van der Waals surface area contributed by atoms with Crippen molar-refractivity contribution in [3.05, 3.63) is 28.2 Å². The third kappa shape index (κ3) is 5.10. The maximum Gasteiger partial charge on any atom is 0.338 e. The second-order valence-corrected chi connectivity index (χ2v) is 6.50. The highest BCUT2D eigenvalue weighted by Gasteiger charge is 2.19. The van der Waals surface area contributed by atoms with E-state index in [0.717, 1.165) is 0 Å². The summed E-state index contributed by atoms with van der Waals surface area (Å²) in [6, 6.07) is 3.91. The number of carboxylic acids is 1. The van der Waals surface area contributed by atoms with Crippen LogP contribution in [0.5, 0.6) is 0 Å². The molecule has 0 aromatic heterocycles. The van der Waals surface area contributed by atoms with E-state index in [2.05, 4.69) is 20.7 Å². The number of benzene rings is 1. The number of carbonyl (C=O) groups excluding carboxylic acids is 1. The van der Waals surface area contributed by atoms with Crippen LogP contribution in [0.2, 0.25) is 0 Å². The number of rotatable bonds is 7. The maximum absolute atomic E-state index is 12.0. The van der Waals surface area contributed by atoms with Gasteiger partial charge in [0.15, 0.2) is 0 Å². The van der Waals surface area contributed by atoms with Gasteiger partial charge in [-0.25, -0.2) is 17.9 Å². The Morgan fingerprint density at radius 3 is 2.57 bits per heavy atom. The van der Waals surface area contributed by atoms with Gasteiger partial charge >= 0.3 is 11.9 Å². The van der Waals surface area contributed by atoms with Gasteiger partial charge in [0.05, 0.1) is 23.5 Å². The van der Waals surface area contributed by atoms with E-state index in [1.165, 1.54) is 18.2 Å². The van der Waals surface area contributed by atoms with Crippen LogP contribution in [0, 0.1) is 0 Å². The summed E-state index contributed by atoms with van der Waals surface area (Å²) in [5, 5.41) is 8.49. The van der Waals surface area contributed by atoms with Gasteiger partial charge in [0.2, 0.25) is 10.0 Å². The molecule has 0 aliphatic heterocycles. The van der Waals surface area contributed by atoms with Gasteiger partial charge in [-0.2, -0.15) is 0 Å². The summed E-state index contributed by atoms with van der Waals surface area (Å²) in [7, 11) is -3.85.